The van der Waals surface area contributed by atoms with E-state index in [0.717, 1.165) is 44.9 Å². The van der Waals surface area contributed by atoms with E-state index >= 15 is 0 Å². The van der Waals surface area contributed by atoms with Crippen LogP contribution in [0, 0.1) is 5.92 Å². The molecular weight excluding hydrogens is 658 g/mol. The van der Waals surface area contributed by atoms with E-state index in [2.05, 4.69) is 35.1 Å². The summed E-state index contributed by atoms with van der Waals surface area (Å²) >= 11 is 0. The molecule has 0 aromatic carbocycles. The molecule has 5 amide bonds. The van der Waals surface area contributed by atoms with Gasteiger partial charge in [-0.1, -0.05) is 97.8 Å². The fourth-order valence-corrected chi connectivity index (χ4v) is 5.03. The maximum Gasteiger partial charge on any atom is 0.246 e. The summed E-state index contributed by atoms with van der Waals surface area (Å²) in [6, 6.07) is -0.682. The minimum atomic E-state index is -0.682. The third-order valence-corrected chi connectivity index (χ3v) is 8.25. The normalized spacial score (nSPS) is 12.2. The van der Waals surface area contributed by atoms with Crippen LogP contribution in [0.2, 0.25) is 0 Å². The average Bonchev–Trinajstić information content (AvgIpc) is 3.10. The number of rotatable bonds is 37. The van der Waals surface area contributed by atoms with E-state index < -0.39 is 11.9 Å². The fraction of sp³-hybridized carbons (Fsp3) is 0.865. The Morgan fingerprint density at radius 1 is 0.549 bits per heavy atom. The zero-order valence-electron chi connectivity index (χ0n) is 32.0. The van der Waals surface area contributed by atoms with Gasteiger partial charge in [-0.25, -0.2) is 0 Å². The highest BCUT2D eigenvalue weighted by molar-refractivity contribution is 5.88. The Bertz CT molecular complexity index is 910. The third kappa shape index (κ3) is 32.8. The molecule has 0 aromatic rings. The Labute approximate surface area is 307 Å². The molecule has 6 N–H and O–H groups in total. The van der Waals surface area contributed by atoms with Crippen molar-refractivity contribution in [1.82, 2.24) is 21.3 Å². The lowest BCUT2D eigenvalue weighted by Crippen LogP contribution is -2.48. The van der Waals surface area contributed by atoms with Gasteiger partial charge in [-0.15, -0.1) is 0 Å². The second kappa shape index (κ2) is 35.6. The Hall–Kier alpha value is -2.81. The molecule has 0 fully saturated rings. The quantitative estimate of drug-likeness (QED) is 0.0469. The summed E-state index contributed by atoms with van der Waals surface area (Å²) in [7, 11) is 0. The van der Waals surface area contributed by atoms with Gasteiger partial charge in [0.1, 0.15) is 26.0 Å². The maximum absolute atomic E-state index is 12.8. The fourth-order valence-electron chi connectivity index (χ4n) is 5.03. The van der Waals surface area contributed by atoms with Crippen LogP contribution in [0.3, 0.4) is 0 Å². The van der Waals surface area contributed by atoms with E-state index in [-0.39, 0.29) is 89.1 Å². The summed E-state index contributed by atoms with van der Waals surface area (Å²) in [4.78, 5) is 60.1. The molecule has 0 aliphatic carbocycles. The van der Waals surface area contributed by atoms with E-state index in [0.29, 0.717) is 25.8 Å². The first-order valence-electron chi connectivity index (χ1n) is 19.4. The molecule has 14 heteroatoms. The predicted molar refractivity (Wildman–Crippen MR) is 198 cm³/mol. The van der Waals surface area contributed by atoms with Crippen molar-refractivity contribution in [2.45, 2.75) is 136 Å². The van der Waals surface area contributed by atoms with Gasteiger partial charge >= 0.3 is 0 Å². The Balaban J connectivity index is 3.94. The Morgan fingerprint density at radius 2 is 1.12 bits per heavy atom. The van der Waals surface area contributed by atoms with Crippen molar-refractivity contribution in [2.24, 2.45) is 11.7 Å². The summed E-state index contributed by atoms with van der Waals surface area (Å²) in [6.07, 6.45) is 16.8. The molecular formula is C37H71N5O9. The summed E-state index contributed by atoms with van der Waals surface area (Å²) in [5, 5.41) is 11.1. The number of amides is 5. The first-order valence-corrected chi connectivity index (χ1v) is 19.4. The van der Waals surface area contributed by atoms with Crippen LogP contribution in [-0.2, 0) is 42.9 Å². The molecule has 14 nitrogen and oxygen atoms in total. The van der Waals surface area contributed by atoms with E-state index in [1.807, 2.05) is 0 Å². The highest BCUT2D eigenvalue weighted by atomic mass is 16.5. The smallest absolute Gasteiger partial charge is 0.246 e. The molecule has 0 saturated carbocycles. The molecule has 0 heterocycles. The van der Waals surface area contributed by atoms with Crippen LogP contribution in [-0.4, -0.2) is 102 Å². The van der Waals surface area contributed by atoms with Crippen LogP contribution in [0.25, 0.3) is 0 Å². The topological polar surface area (TPSA) is 196 Å². The highest BCUT2D eigenvalue weighted by Crippen LogP contribution is 2.10. The van der Waals surface area contributed by atoms with Gasteiger partial charge in [0, 0.05) is 25.4 Å². The van der Waals surface area contributed by atoms with Gasteiger partial charge in [0.2, 0.25) is 29.5 Å². The van der Waals surface area contributed by atoms with Crippen molar-refractivity contribution in [1.29, 1.82) is 0 Å². The van der Waals surface area contributed by atoms with E-state index in [1.54, 1.807) is 6.92 Å². The first kappa shape index (κ1) is 48.2. The molecule has 0 radical (unpaired) electrons. The molecule has 0 bridgehead atoms. The number of hydrogen-bond acceptors (Lipinski definition) is 9. The van der Waals surface area contributed by atoms with Crippen molar-refractivity contribution < 1.29 is 42.9 Å². The molecule has 0 aliphatic rings. The Morgan fingerprint density at radius 3 is 1.78 bits per heavy atom. The number of carbonyl (C=O) groups is 5. The van der Waals surface area contributed by atoms with Gasteiger partial charge in [0.15, 0.2) is 0 Å². The van der Waals surface area contributed by atoms with Crippen molar-refractivity contribution in [2.75, 3.05) is 66.1 Å². The minimum absolute atomic E-state index is 0.0267. The van der Waals surface area contributed by atoms with Crippen molar-refractivity contribution in [3.63, 3.8) is 0 Å². The molecule has 0 saturated heterocycles. The minimum Gasteiger partial charge on any atom is -0.377 e. The summed E-state index contributed by atoms with van der Waals surface area (Å²) < 4.78 is 21.6. The molecule has 0 rings (SSSR count). The summed E-state index contributed by atoms with van der Waals surface area (Å²) in [6.45, 7) is 7.81. The summed E-state index contributed by atoms with van der Waals surface area (Å²) in [5.74, 6) is -1.41. The molecule has 51 heavy (non-hydrogen) atoms. The van der Waals surface area contributed by atoms with Crippen LogP contribution < -0.4 is 27.0 Å². The van der Waals surface area contributed by atoms with Crippen LogP contribution in [0.5, 0.6) is 0 Å². The van der Waals surface area contributed by atoms with Gasteiger partial charge in [0.05, 0.1) is 33.0 Å². The first-order chi connectivity index (χ1) is 24.7. The van der Waals surface area contributed by atoms with Crippen LogP contribution in [0.4, 0.5) is 0 Å². The van der Waals surface area contributed by atoms with Crippen LogP contribution >= 0.6 is 0 Å². The number of carbonyl (C=O) groups excluding carboxylic acids is 5. The number of nitrogens with two attached hydrogens (primary N) is 1. The molecule has 0 aromatic heterocycles. The van der Waals surface area contributed by atoms with Crippen molar-refractivity contribution in [3.05, 3.63) is 0 Å². The van der Waals surface area contributed by atoms with Gasteiger partial charge in [0.25, 0.3) is 0 Å². The third-order valence-electron chi connectivity index (χ3n) is 8.25. The zero-order valence-corrected chi connectivity index (χ0v) is 32.0. The van der Waals surface area contributed by atoms with Gasteiger partial charge in [-0.2, -0.15) is 0 Å². The molecule has 0 spiro atoms. The second-order valence-corrected chi connectivity index (χ2v) is 13.0. The van der Waals surface area contributed by atoms with Crippen molar-refractivity contribution in [3.8, 4) is 0 Å². The predicted octanol–water partition coefficient (Wildman–Crippen LogP) is 3.64. The number of primary amides is 1. The van der Waals surface area contributed by atoms with Crippen LogP contribution in [0.1, 0.15) is 130 Å². The average molecular weight is 730 g/mol. The number of unbranched alkanes of at least 4 members (excludes halogenated alkanes) is 11. The standard InChI is InChI=1S/C37H71N5O9/c1-4-6-8-9-10-11-12-13-15-20-33(43)41-30-51-27-26-50-29-35(45)42-32(19-14-7-5-2)37(47)40-22-23-48-24-25-49-28-34(44)39-21-17-16-18-31(3)36(38)46/h31-32H,4-30H2,1-3H3,(H2,38,46)(H,39,44)(H,40,47)(H,41,43)(H,42,45)/t31-,32-/m0/s1. The van der Waals surface area contributed by atoms with Crippen LogP contribution in [0.15, 0.2) is 0 Å². The lowest BCUT2D eigenvalue weighted by Gasteiger charge is -2.18. The lowest BCUT2D eigenvalue weighted by molar-refractivity contribution is -0.132. The number of ether oxygens (including phenoxy) is 4. The molecule has 0 aliphatic heterocycles. The monoisotopic (exact) mass is 730 g/mol. The molecule has 298 valence electrons. The molecule has 0 unspecified atom stereocenters. The van der Waals surface area contributed by atoms with Gasteiger partial charge < -0.3 is 45.9 Å². The lowest BCUT2D eigenvalue weighted by atomic mass is 10.0. The SMILES string of the molecule is CCCCCCCCCCCC(=O)NCOCCOCC(=O)N[C@@H](CCCCC)C(=O)NCCOCCOCC(=O)NCCCC[C@H](C)C(N)=O. The largest absolute Gasteiger partial charge is 0.377 e. The van der Waals surface area contributed by atoms with E-state index in [4.69, 9.17) is 24.7 Å². The maximum atomic E-state index is 12.8. The highest BCUT2D eigenvalue weighted by Gasteiger charge is 2.20. The summed E-state index contributed by atoms with van der Waals surface area (Å²) in [5.41, 5.74) is 5.24. The number of nitrogens with one attached hydrogen (secondary N) is 4. The van der Waals surface area contributed by atoms with Gasteiger partial charge in [-0.3, -0.25) is 24.0 Å². The zero-order chi connectivity index (χ0) is 37.8. The van der Waals surface area contributed by atoms with E-state index in [1.165, 1.54) is 44.9 Å². The molecule has 2 atom stereocenters. The second-order valence-electron chi connectivity index (χ2n) is 13.0. The van der Waals surface area contributed by atoms with Gasteiger partial charge in [-0.05, 0) is 25.7 Å². The van der Waals surface area contributed by atoms with E-state index in [9.17, 15) is 24.0 Å². The number of hydrogen-bond donors (Lipinski definition) is 5. The van der Waals surface area contributed by atoms with Crippen molar-refractivity contribution >= 4 is 29.5 Å². The Kier molecular flexibility index (Phi) is 33.6.